The van der Waals surface area contributed by atoms with Crippen LogP contribution in [-0.2, 0) is 25.6 Å². The number of carbonyl (C=O) groups is 8. The van der Waals surface area contributed by atoms with Crippen molar-refractivity contribution in [1.29, 1.82) is 0 Å². The second-order valence-corrected chi connectivity index (χ2v) is 36.4. The van der Waals surface area contributed by atoms with Gasteiger partial charge in [-0.1, -0.05) is 84.4 Å². The highest BCUT2D eigenvalue weighted by molar-refractivity contribution is 6.32. The zero-order valence-electron chi connectivity index (χ0n) is 70.1. The minimum Gasteiger partial charge on any atom is -0.484 e. The van der Waals surface area contributed by atoms with E-state index < -0.39 is 46.6 Å². The molecule has 28 nitrogen and oxygen atoms in total. The van der Waals surface area contributed by atoms with Gasteiger partial charge in [0.1, 0.15) is 57.6 Å². The van der Waals surface area contributed by atoms with Gasteiger partial charge in [0, 0.05) is 110 Å². The van der Waals surface area contributed by atoms with Gasteiger partial charge in [0.2, 0.25) is 5.76 Å². The molecule has 0 saturated heterocycles. The molecular weight excluding hydrogens is 1740 g/mol. The lowest BCUT2D eigenvalue weighted by molar-refractivity contribution is -0.141. The number of pyridine rings is 2. The van der Waals surface area contributed by atoms with Gasteiger partial charge in [0.15, 0.2) is 43.5 Å². The van der Waals surface area contributed by atoms with Crippen LogP contribution in [0, 0.1) is 42.1 Å². The van der Waals surface area contributed by atoms with Crippen LogP contribution in [0.25, 0.3) is 11.0 Å². The van der Waals surface area contributed by atoms with Crippen LogP contribution >= 0.6 is 46.4 Å². The lowest BCUT2D eigenvalue weighted by Crippen LogP contribution is -2.84. The standard InChI is InChI=1S/C23H27ClFN3O4.C23H21ClN4O3.C22H23ClF3N3O4.C22H24ClFN4O3/c1-3-15-11-19(28-32-15)21(30)27-22-6-8-23(9-7-22,14(2)12-22)26-20(29)13-31-16-4-5-17(24)18(25)10-16;1-14-9-16(5-6-17(14)24)31-10-19(29)27-22-11-23(12-22,13-22)28-21(30)18-7-4-15-3-2-8-25-20(15)26-18;1-12-10-21(28-20(31)17-9-16(19(25)26)29-33-17)4-6-22(12,7-5-21)27-18(30)11-32-13-2-3-14(23)15(24)8-13;1-14-11-21(28-20(30)18-12-25-8-9-26-18)4-6-22(14,7-5-21)27-19(29)13-31-15-2-3-16(23)17(24)10-15/h4-5,10-11,14H,3,6-9,12-13H2,1-2H3,(H,26,29)(H,27,30);2-9H,10-13H2,1H3,(H,27,29)(H,28,30);2-3,8-9,12,19H,4-7,10-11H2,1H3,(H,27,30)(H,28,31);2-3,8-10,12,14H,4-7,11,13H2,1H3,(H,27,29)(H,28,30)/t14-,22?,23?;;12-,21?,22?;14-,21?,22?/m0.00/s1. The van der Waals surface area contributed by atoms with Gasteiger partial charge in [-0.3, -0.25) is 43.3 Å². The van der Waals surface area contributed by atoms with Crippen molar-refractivity contribution in [1.82, 2.24) is 72.8 Å². The highest BCUT2D eigenvalue weighted by atomic mass is 35.5. The van der Waals surface area contributed by atoms with Crippen LogP contribution in [0.2, 0.25) is 20.1 Å². The molecule has 0 aliphatic heterocycles. The van der Waals surface area contributed by atoms with Crippen LogP contribution in [0.15, 0.2) is 143 Å². The van der Waals surface area contributed by atoms with E-state index in [1.165, 1.54) is 55.0 Å². The smallest absolute Gasteiger partial charge is 0.290 e. The van der Waals surface area contributed by atoms with E-state index >= 15 is 0 Å². The van der Waals surface area contributed by atoms with Crippen LogP contribution in [0.1, 0.15) is 209 Å². The van der Waals surface area contributed by atoms with Crippen LogP contribution < -0.4 is 61.5 Å². The van der Waals surface area contributed by atoms with Gasteiger partial charge >= 0.3 is 0 Å². The zero-order valence-corrected chi connectivity index (χ0v) is 73.1. The zero-order chi connectivity index (χ0) is 90.4. The van der Waals surface area contributed by atoms with Crippen molar-refractivity contribution >= 4 is 105 Å². The van der Waals surface area contributed by atoms with Gasteiger partial charge in [0.05, 0.1) is 21.3 Å². The Hall–Kier alpha value is -11.3. The number of benzene rings is 4. The molecule has 4 aromatic carbocycles. The maximum Gasteiger partial charge on any atom is 0.290 e. The number of aromatic nitrogens is 6. The number of nitrogens with zero attached hydrogens (tertiary/aromatic N) is 6. The highest BCUT2D eigenvalue weighted by Gasteiger charge is 2.69. The molecule has 8 bridgehead atoms. The van der Waals surface area contributed by atoms with Crippen molar-refractivity contribution in [3.05, 3.63) is 211 Å². The van der Waals surface area contributed by atoms with Gasteiger partial charge in [-0.15, -0.1) is 0 Å². The first kappa shape index (κ1) is 91.9. The molecule has 37 heteroatoms. The van der Waals surface area contributed by atoms with Crippen LogP contribution in [0.5, 0.6) is 23.0 Å². The molecule has 12 saturated carbocycles. The van der Waals surface area contributed by atoms with E-state index in [0.29, 0.717) is 97.0 Å². The van der Waals surface area contributed by atoms with E-state index in [1.54, 1.807) is 36.5 Å². The molecule has 9 aromatic rings. The molecule has 12 aliphatic carbocycles. The van der Waals surface area contributed by atoms with Crippen LogP contribution in [0.3, 0.4) is 0 Å². The average molecular weight is 1830 g/mol. The first-order valence-corrected chi connectivity index (χ1v) is 43.4. The molecule has 3 atom stereocenters. The van der Waals surface area contributed by atoms with E-state index in [1.807, 2.05) is 39.0 Å². The number of alkyl halides is 2. The number of carbonyl (C=O) groups excluding carboxylic acids is 8. The molecule has 672 valence electrons. The summed E-state index contributed by atoms with van der Waals surface area (Å²) in [4.78, 5) is 117. The number of fused-ring (bicyclic) bond motifs is 10. The summed E-state index contributed by atoms with van der Waals surface area (Å²) in [5.74, 6) is -1.91. The van der Waals surface area contributed by atoms with E-state index in [-0.39, 0.29) is 157 Å². The topological polar surface area (TPSA) is 373 Å². The summed E-state index contributed by atoms with van der Waals surface area (Å²) < 4.78 is 97.8. The summed E-state index contributed by atoms with van der Waals surface area (Å²) in [6, 6.07) is 27.3. The average Bonchev–Trinajstić information content (AvgIpc) is 1.13. The van der Waals surface area contributed by atoms with Gasteiger partial charge in [-0.05, 0) is 225 Å². The second-order valence-electron chi connectivity index (χ2n) is 34.8. The number of nitrogens with one attached hydrogen (secondary N) is 8. The summed E-state index contributed by atoms with van der Waals surface area (Å²) in [5.41, 5.74) is -0.890. The lowest BCUT2D eigenvalue weighted by Gasteiger charge is -2.70. The first-order chi connectivity index (χ1) is 60.5. The van der Waals surface area contributed by atoms with Crippen molar-refractivity contribution in [2.24, 2.45) is 17.8 Å². The van der Waals surface area contributed by atoms with Crippen molar-refractivity contribution < 1.29 is 88.3 Å². The highest BCUT2D eigenvalue weighted by Crippen LogP contribution is 2.61. The molecular formula is C90H95Cl4F5N14O14. The van der Waals surface area contributed by atoms with Crippen molar-refractivity contribution in [2.45, 2.75) is 207 Å². The SMILES string of the molecule is CCc1cc(C(=O)NC23CCC(NC(=O)COc4ccc(Cl)c(F)c4)(CC2)[C@@H](C)C3)no1.C[C@H]1CC2(NC(=O)c3cc(C(F)F)no3)CCC1(NC(=O)COc1ccc(Cl)c(F)c1)CC2.C[C@H]1CC2(NC(=O)c3cnccn3)CCC1(NC(=O)COc1ccc(Cl)c(F)c1)CC2.Cc1cc(OCC(=O)NC23CC(NC(=O)c4ccc5cccnc5n4)(C2)C3)ccc1Cl. The summed E-state index contributed by atoms with van der Waals surface area (Å²) in [6.45, 7) is 9.28. The summed E-state index contributed by atoms with van der Waals surface area (Å²) >= 11 is 23.0. The molecule has 8 amide bonds. The van der Waals surface area contributed by atoms with Gasteiger partial charge in [0.25, 0.3) is 53.7 Å². The molecule has 21 rings (SSSR count). The number of aryl methyl sites for hydroxylation is 2. The minimum atomic E-state index is -2.82. The third-order valence-corrected chi connectivity index (χ3v) is 27.6. The van der Waals surface area contributed by atoms with Crippen LogP contribution in [0.4, 0.5) is 22.0 Å². The Bertz CT molecular complexity index is 5590. The van der Waals surface area contributed by atoms with Gasteiger partial charge < -0.3 is 70.5 Å². The van der Waals surface area contributed by atoms with E-state index in [0.717, 1.165) is 99.4 Å². The Kier molecular flexibility index (Phi) is 27.5. The second kappa shape index (κ2) is 37.9. The van der Waals surface area contributed by atoms with Crippen LogP contribution in [-0.4, -0.2) is 148 Å². The molecule has 12 aliphatic rings. The number of ether oxygens (including phenoxy) is 4. The predicted octanol–water partition coefficient (Wildman–Crippen LogP) is 14.9. The third kappa shape index (κ3) is 21.3. The summed E-state index contributed by atoms with van der Waals surface area (Å²) in [6.07, 6.45) is 16.9. The largest absolute Gasteiger partial charge is 0.484 e. The molecule has 0 unspecified atom stereocenters. The van der Waals surface area contributed by atoms with Gasteiger partial charge in [-0.2, -0.15) is 0 Å². The Morgan fingerprint density at radius 3 is 1.27 bits per heavy atom. The monoisotopic (exact) mass is 1830 g/mol. The molecule has 127 heavy (non-hydrogen) atoms. The Morgan fingerprint density at radius 2 is 0.858 bits per heavy atom. The maximum atomic E-state index is 13.6. The molecule has 0 spiro atoms. The minimum absolute atomic E-state index is 0.00353. The normalized spacial score (nSPS) is 25.8. The van der Waals surface area contributed by atoms with Crippen molar-refractivity contribution in [3.8, 4) is 23.0 Å². The Balaban J connectivity index is 0.000000137. The number of amides is 8. The summed E-state index contributed by atoms with van der Waals surface area (Å²) in [7, 11) is 0. The summed E-state index contributed by atoms with van der Waals surface area (Å²) in [5, 5.41) is 33.4. The van der Waals surface area contributed by atoms with Crippen molar-refractivity contribution in [3.63, 3.8) is 0 Å². The fraction of sp³-hybridized carbons (Fsp3) is 0.444. The van der Waals surface area contributed by atoms with E-state index in [4.69, 9.17) is 74.4 Å². The molecule has 8 N–H and O–H groups in total. The Morgan fingerprint density at radius 1 is 0.441 bits per heavy atom. The molecule has 5 aromatic heterocycles. The predicted molar refractivity (Wildman–Crippen MR) is 456 cm³/mol. The maximum absolute atomic E-state index is 13.6. The van der Waals surface area contributed by atoms with E-state index in [9.17, 15) is 60.3 Å². The van der Waals surface area contributed by atoms with Crippen molar-refractivity contribution in [2.75, 3.05) is 26.4 Å². The number of hydrogen-bond donors (Lipinski definition) is 8. The molecule has 5 heterocycles. The van der Waals surface area contributed by atoms with E-state index in [2.05, 4.69) is 86.6 Å². The lowest BCUT2D eigenvalue weighted by atomic mass is 9.44. The number of rotatable bonds is 26. The fourth-order valence-corrected chi connectivity index (χ4v) is 19.8. The quantitative estimate of drug-likeness (QED) is 0.0233. The number of halogens is 9. The molecule has 0 radical (unpaired) electrons. The Labute approximate surface area is 747 Å². The number of hydrogen-bond acceptors (Lipinski definition) is 20. The first-order valence-electron chi connectivity index (χ1n) is 41.9. The fourth-order valence-electron chi connectivity index (χ4n) is 19.4. The third-order valence-electron chi connectivity index (χ3n) is 26.2. The van der Waals surface area contributed by atoms with Gasteiger partial charge in [-0.25, -0.2) is 36.9 Å². The molecule has 12 fully saturated rings.